The van der Waals surface area contributed by atoms with Crippen LogP contribution in [-0.4, -0.2) is 135 Å². The molecule has 1 aliphatic carbocycles. The third kappa shape index (κ3) is 8.85. The molecule has 1 amide bonds. The molecule has 0 radical (unpaired) electrons. The van der Waals surface area contributed by atoms with E-state index in [4.69, 9.17) is 23.9 Å². The number of ether oxygens (including phenoxy) is 4. The van der Waals surface area contributed by atoms with Gasteiger partial charge in [0.25, 0.3) is 21.6 Å². The van der Waals surface area contributed by atoms with E-state index < -0.39 is 37.5 Å². The van der Waals surface area contributed by atoms with Crippen LogP contribution in [-0.2, 0) is 19.5 Å². The van der Waals surface area contributed by atoms with Crippen LogP contribution in [0.15, 0.2) is 84.4 Å². The molecule has 1 spiro atoms. The number of morpholine rings is 1. The van der Waals surface area contributed by atoms with E-state index >= 15 is 0 Å². The molecule has 18 nitrogen and oxygen atoms in total. The van der Waals surface area contributed by atoms with Crippen molar-refractivity contribution in [2.45, 2.75) is 100 Å². The van der Waals surface area contributed by atoms with Gasteiger partial charge in [0.05, 0.1) is 65.7 Å². The highest BCUT2D eigenvalue weighted by molar-refractivity contribution is 7.90. The van der Waals surface area contributed by atoms with Gasteiger partial charge in [-0.05, 0) is 112 Å². The first-order chi connectivity index (χ1) is 35.3. The number of rotatable bonds is 11. The normalized spacial score (nSPS) is 24.6. The fourth-order valence-electron chi connectivity index (χ4n) is 12.6. The van der Waals surface area contributed by atoms with Gasteiger partial charge in [0.2, 0.25) is 5.88 Å². The molecule has 1 saturated carbocycles. The summed E-state index contributed by atoms with van der Waals surface area (Å²) in [6.45, 7) is 14.6. The number of anilines is 4. The van der Waals surface area contributed by atoms with Gasteiger partial charge in [0.15, 0.2) is 11.4 Å². The lowest BCUT2D eigenvalue weighted by Gasteiger charge is -2.56. The van der Waals surface area contributed by atoms with Crippen molar-refractivity contribution < 1.29 is 37.1 Å². The first kappa shape index (κ1) is 47.7. The van der Waals surface area contributed by atoms with Crippen LogP contribution in [0, 0.1) is 15.5 Å². The number of benzene rings is 3. The predicted octanol–water partition coefficient (Wildman–Crippen LogP) is 7.79. The molecule has 8 heterocycles. The minimum Gasteiger partial charge on any atom is -0.489 e. The van der Waals surface area contributed by atoms with E-state index in [1.54, 1.807) is 12.3 Å². The fourth-order valence-corrected chi connectivity index (χ4v) is 13.6. The van der Waals surface area contributed by atoms with Crippen molar-refractivity contribution in [3.63, 3.8) is 0 Å². The van der Waals surface area contributed by atoms with Gasteiger partial charge in [-0.15, -0.1) is 0 Å². The highest BCUT2D eigenvalue weighted by Crippen LogP contribution is 2.54. The molecule has 0 bridgehead atoms. The first-order valence-electron chi connectivity index (χ1n) is 25.8. The molecule has 5 aromatic rings. The Balaban J connectivity index is 0.795. The number of nitro benzene ring substituents is 1. The van der Waals surface area contributed by atoms with E-state index in [1.165, 1.54) is 42.9 Å². The largest absolute Gasteiger partial charge is 0.489 e. The highest BCUT2D eigenvalue weighted by Gasteiger charge is 2.50. The number of fused-ring (bicyclic) bond motifs is 3. The molecule has 3 aromatic carbocycles. The number of sulfonamides is 1. The molecule has 2 aromatic heterocycles. The monoisotopic (exact) mass is 1010 g/mol. The van der Waals surface area contributed by atoms with Crippen molar-refractivity contribution in [3.05, 3.63) is 106 Å². The Morgan fingerprint density at radius 1 is 0.918 bits per heavy atom. The Labute approximate surface area is 425 Å². The Bertz CT molecular complexity index is 3090. The fraction of sp³-hybridized carbons (Fsp3) is 0.481. The van der Waals surface area contributed by atoms with Gasteiger partial charge in [-0.25, -0.2) is 13.1 Å². The van der Waals surface area contributed by atoms with Gasteiger partial charge < -0.3 is 39.0 Å². The zero-order chi connectivity index (χ0) is 50.2. The molecule has 4 saturated heterocycles. The van der Waals surface area contributed by atoms with Gasteiger partial charge in [-0.2, -0.15) is 4.98 Å². The number of H-pyrrole nitrogens is 1. The molecule has 0 unspecified atom stereocenters. The summed E-state index contributed by atoms with van der Waals surface area (Å²) >= 11 is 0. The van der Waals surface area contributed by atoms with Crippen LogP contribution in [0.5, 0.6) is 11.6 Å². The zero-order valence-corrected chi connectivity index (χ0v) is 42.2. The van der Waals surface area contributed by atoms with Gasteiger partial charge >= 0.3 is 0 Å². The molecule has 7 aliphatic rings. The summed E-state index contributed by atoms with van der Waals surface area (Å²) in [4.78, 5) is 43.6. The molecule has 5 fully saturated rings. The van der Waals surface area contributed by atoms with Crippen molar-refractivity contribution in [1.82, 2.24) is 24.5 Å². The summed E-state index contributed by atoms with van der Waals surface area (Å²) in [7, 11) is -4.70. The Kier molecular flexibility index (Phi) is 12.4. The maximum absolute atomic E-state index is 14.6. The SMILES string of the molecule is C=C(C)c1ccccc1[C@@H]1CCCN1C1CC2(CCN(c3ccc(C(=O)NS(=O)(=O)c4cc5c(c([N+](=O)[O-])c4)N[C@@H]([C@H]4CN(C6COC6)[C@H](C)CO4)CO5)c(N4CCCOc5nc6[nH]ccc6cc54)c3)CC2)C1. The maximum Gasteiger partial charge on any atom is 0.297 e. The number of aromatic nitrogens is 2. The summed E-state index contributed by atoms with van der Waals surface area (Å²) in [6.07, 6.45) is 8.89. The molecule has 12 rings (SSSR count). The second-order valence-corrected chi connectivity index (χ2v) is 23.0. The van der Waals surface area contributed by atoms with Crippen LogP contribution in [0.2, 0.25) is 0 Å². The third-order valence-electron chi connectivity index (χ3n) is 16.7. The van der Waals surface area contributed by atoms with Crippen LogP contribution in [0.3, 0.4) is 0 Å². The number of amides is 1. The topological polar surface area (TPSA) is 197 Å². The van der Waals surface area contributed by atoms with E-state index in [2.05, 4.69) is 74.4 Å². The quantitative estimate of drug-likeness (QED) is 0.0856. The molecule has 4 atom stereocenters. The van der Waals surface area contributed by atoms with E-state index in [1.807, 2.05) is 29.2 Å². The van der Waals surface area contributed by atoms with Gasteiger partial charge in [0.1, 0.15) is 17.9 Å². The lowest BCUT2D eigenvalue weighted by molar-refractivity contribution is -0.384. The lowest BCUT2D eigenvalue weighted by Crippen LogP contribution is -2.62. The average molecular weight is 1010 g/mol. The summed E-state index contributed by atoms with van der Waals surface area (Å²) in [5.41, 5.74) is 6.44. The van der Waals surface area contributed by atoms with E-state index in [-0.39, 0.29) is 47.2 Å². The smallest absolute Gasteiger partial charge is 0.297 e. The minimum atomic E-state index is -4.70. The standard InChI is InChI=1S/C54H63N9O9S/c1-33(2)40-8-4-5-9-41(40)44-10-6-17-60(44)37-26-54(27-37)14-19-59(20-15-54)36-11-12-42(45(23-36)61-18-7-21-70-53-47(61)22-35-13-16-55-51(35)57-53)52(64)58-73(67,68)39-24-46(63(65)66)50-48(25-39)72-32-43(56-50)49-28-62(34(3)29-71-49)38-30-69-31-38/h4-5,8-9,11-13,16,22-25,34,37-38,43-44,49,56H,1,6-7,10,14-15,17-21,26-32H2,2-3H3,(H,55,57)(H,58,64)/t34-,43-,44+,49-/m1/s1. The third-order valence-corrected chi connectivity index (χ3v) is 18.0. The van der Waals surface area contributed by atoms with Crippen molar-refractivity contribution in [1.29, 1.82) is 0 Å². The number of nitrogens with zero attached hydrogens (tertiary/aromatic N) is 6. The minimum absolute atomic E-state index is 0.00757. The van der Waals surface area contributed by atoms with Crippen LogP contribution in [0.1, 0.15) is 86.3 Å². The number of aromatic amines is 1. The number of pyridine rings is 1. The molecular formula is C54H63N9O9S. The molecule has 384 valence electrons. The molecule has 3 N–H and O–H groups in total. The number of likely N-dealkylation sites (tertiary alicyclic amines) is 1. The van der Waals surface area contributed by atoms with E-state index in [0.29, 0.717) is 80.9 Å². The summed E-state index contributed by atoms with van der Waals surface area (Å²) < 4.78 is 54.8. The maximum atomic E-state index is 14.6. The number of allylic oxidation sites excluding steroid dienone is 1. The number of nitro groups is 1. The Morgan fingerprint density at radius 3 is 2.52 bits per heavy atom. The Hall–Kier alpha value is -6.25. The van der Waals surface area contributed by atoms with Crippen molar-refractivity contribution in [3.8, 4) is 11.6 Å². The second-order valence-electron chi connectivity index (χ2n) is 21.3. The van der Waals surface area contributed by atoms with Gasteiger partial charge in [-0.3, -0.25) is 24.7 Å². The van der Waals surface area contributed by atoms with Crippen LogP contribution in [0.25, 0.3) is 16.6 Å². The van der Waals surface area contributed by atoms with Crippen molar-refractivity contribution in [2.75, 3.05) is 80.9 Å². The number of piperidine rings is 1. The predicted molar refractivity (Wildman–Crippen MR) is 278 cm³/mol. The van der Waals surface area contributed by atoms with E-state index in [9.17, 15) is 23.3 Å². The summed E-state index contributed by atoms with van der Waals surface area (Å²) in [5, 5.41) is 16.7. The second kappa shape index (κ2) is 18.9. The molecule has 73 heavy (non-hydrogen) atoms. The molecular weight excluding hydrogens is 951 g/mol. The number of hydrogen-bond donors (Lipinski definition) is 3. The number of hydrogen-bond acceptors (Lipinski definition) is 15. The summed E-state index contributed by atoms with van der Waals surface area (Å²) in [6, 6.07) is 21.4. The zero-order valence-electron chi connectivity index (χ0n) is 41.4. The molecule has 19 heteroatoms. The lowest BCUT2D eigenvalue weighted by atomic mass is 9.59. The van der Waals surface area contributed by atoms with E-state index in [0.717, 1.165) is 55.2 Å². The number of carbonyl (C=O) groups excluding carboxylic acids is 1. The van der Waals surface area contributed by atoms with Crippen molar-refractivity contribution in [2.24, 2.45) is 5.41 Å². The first-order valence-corrected chi connectivity index (χ1v) is 27.3. The number of nitrogens with one attached hydrogen (secondary N) is 3. The van der Waals surface area contributed by atoms with Crippen molar-refractivity contribution >= 4 is 61.0 Å². The highest BCUT2D eigenvalue weighted by atomic mass is 32.2. The Morgan fingerprint density at radius 2 is 1.74 bits per heavy atom. The van der Waals surface area contributed by atoms with Gasteiger partial charge in [-0.1, -0.05) is 36.4 Å². The average Bonchev–Trinajstić information content (AvgIpc) is 4.00. The van der Waals surface area contributed by atoms with Crippen LogP contribution >= 0.6 is 0 Å². The summed E-state index contributed by atoms with van der Waals surface area (Å²) in [5.74, 6) is -0.503. The van der Waals surface area contributed by atoms with Crippen LogP contribution < -0.4 is 29.3 Å². The van der Waals surface area contributed by atoms with Crippen LogP contribution in [0.4, 0.5) is 28.4 Å². The number of carbonyl (C=O) groups is 1. The van der Waals surface area contributed by atoms with Gasteiger partial charge in [0, 0.05) is 73.7 Å². The molecule has 6 aliphatic heterocycles.